The molecule has 1 aliphatic heterocycles. The SMILES string of the molecule is CS(=S)COC1C[C@H](n2ccc(N)nc2=O)O[C@@H]1COP(=O)(O)OP(=O)(O)OP(=O)(O)O. The molecule has 184 valence electrons. The van der Waals surface area contributed by atoms with Gasteiger partial charge in [-0.15, -0.1) is 0 Å². The van der Waals surface area contributed by atoms with Gasteiger partial charge < -0.3 is 34.8 Å². The largest absolute Gasteiger partial charge is 0.490 e. The predicted octanol–water partition coefficient (Wildman–Crippen LogP) is -0.491. The number of rotatable bonds is 11. The van der Waals surface area contributed by atoms with Crippen LogP contribution >= 0.6 is 23.5 Å². The summed E-state index contributed by atoms with van der Waals surface area (Å²) < 4.78 is 58.3. The first-order valence-electron chi connectivity index (χ1n) is 8.27. The summed E-state index contributed by atoms with van der Waals surface area (Å²) in [5.41, 5.74) is 4.73. The Bertz CT molecular complexity index is 1050. The van der Waals surface area contributed by atoms with Crippen molar-refractivity contribution in [3.63, 3.8) is 0 Å². The normalized spacial score (nSPS) is 26.3. The molecule has 0 spiro atoms. The third-order valence-electron chi connectivity index (χ3n) is 3.61. The van der Waals surface area contributed by atoms with Crippen LogP contribution in [0.15, 0.2) is 17.1 Å². The molecular weight excluding hydrogens is 539 g/mol. The Morgan fingerprint density at radius 2 is 1.94 bits per heavy atom. The average Bonchev–Trinajstić information content (AvgIpc) is 2.98. The van der Waals surface area contributed by atoms with Crippen LogP contribution in [-0.2, 0) is 57.0 Å². The molecule has 0 aliphatic carbocycles. The summed E-state index contributed by atoms with van der Waals surface area (Å²) in [6, 6.07) is 1.35. The molecule has 1 aliphatic rings. The smallest absolute Gasteiger partial charge is 0.383 e. The lowest BCUT2D eigenvalue weighted by Gasteiger charge is -2.21. The first kappa shape index (κ1) is 27.8. The van der Waals surface area contributed by atoms with Gasteiger partial charge in [0.2, 0.25) is 0 Å². The van der Waals surface area contributed by atoms with Crippen molar-refractivity contribution in [3.05, 3.63) is 22.7 Å². The molecule has 0 radical (unpaired) electrons. The van der Waals surface area contributed by atoms with E-state index in [-0.39, 0.29) is 18.2 Å². The lowest BCUT2D eigenvalue weighted by atomic mass is 10.2. The molecule has 0 amide bonds. The molecular formula is C11H20N3O13P3S2. The van der Waals surface area contributed by atoms with E-state index >= 15 is 0 Å². The molecule has 1 aromatic heterocycles. The van der Waals surface area contributed by atoms with Crippen molar-refractivity contribution in [3.8, 4) is 0 Å². The van der Waals surface area contributed by atoms with Gasteiger partial charge >= 0.3 is 29.2 Å². The Morgan fingerprint density at radius 1 is 1.28 bits per heavy atom. The van der Waals surface area contributed by atoms with Crippen molar-refractivity contribution in [2.45, 2.75) is 24.9 Å². The first-order valence-corrected chi connectivity index (χ1v) is 15.5. The van der Waals surface area contributed by atoms with Gasteiger partial charge in [-0.1, -0.05) is 9.45 Å². The highest BCUT2D eigenvalue weighted by atomic mass is 32.8. The highest BCUT2D eigenvalue weighted by Gasteiger charge is 2.43. The molecule has 16 nitrogen and oxygen atoms in total. The minimum atomic E-state index is -5.66. The standard InChI is InChI=1S/C11H20N3O13P3S2/c1-32(31)6-23-7-4-10(14-3-2-9(12)13-11(14)15)25-8(7)5-24-29(19,20)27-30(21,22)26-28(16,17)18/h2-3,7-8,10H,4-6H2,1H3,(H,19,20)(H,21,22)(H2,12,13,15)(H2,16,17,18)/t7?,8-,10-,32?/m1/s1. The molecule has 2 rings (SSSR count). The van der Waals surface area contributed by atoms with Crippen LogP contribution in [0.1, 0.15) is 12.6 Å². The number of hydrogen-bond acceptors (Lipinski definition) is 12. The molecule has 2 heterocycles. The van der Waals surface area contributed by atoms with Gasteiger partial charge in [-0.05, 0) is 23.5 Å². The predicted molar refractivity (Wildman–Crippen MR) is 112 cm³/mol. The van der Waals surface area contributed by atoms with E-state index in [0.717, 1.165) is 4.57 Å². The third-order valence-corrected chi connectivity index (χ3v) is 8.17. The minimum absolute atomic E-state index is 0.0117. The van der Waals surface area contributed by atoms with Crippen LogP contribution in [0.25, 0.3) is 0 Å². The van der Waals surface area contributed by atoms with Crippen LogP contribution in [0.2, 0.25) is 0 Å². The molecule has 1 aromatic rings. The number of nitrogens with zero attached hydrogens (tertiary/aromatic N) is 2. The Labute approximate surface area is 187 Å². The van der Waals surface area contributed by atoms with Crippen LogP contribution in [0, 0.1) is 0 Å². The maximum Gasteiger partial charge on any atom is 0.490 e. The summed E-state index contributed by atoms with van der Waals surface area (Å²) in [6.07, 6.45) is 0.358. The number of nitrogen functional groups attached to an aromatic ring is 1. The van der Waals surface area contributed by atoms with Gasteiger partial charge in [0.05, 0.1) is 18.6 Å². The molecule has 32 heavy (non-hydrogen) atoms. The van der Waals surface area contributed by atoms with Crippen molar-refractivity contribution in [1.29, 1.82) is 0 Å². The monoisotopic (exact) mass is 559 g/mol. The number of anilines is 1. The zero-order valence-corrected chi connectivity index (χ0v) is 20.4. The summed E-state index contributed by atoms with van der Waals surface area (Å²) >= 11 is 5.05. The van der Waals surface area contributed by atoms with Crippen LogP contribution in [0.3, 0.4) is 0 Å². The van der Waals surface area contributed by atoms with Gasteiger partial charge in [-0.2, -0.15) is 13.6 Å². The zero-order chi connectivity index (χ0) is 24.3. The Kier molecular flexibility index (Phi) is 9.46. The average molecular weight is 559 g/mol. The van der Waals surface area contributed by atoms with Crippen molar-refractivity contribution in [2.24, 2.45) is 0 Å². The fourth-order valence-corrected chi connectivity index (χ4v) is 6.06. The first-order chi connectivity index (χ1) is 14.6. The molecule has 0 bridgehead atoms. The van der Waals surface area contributed by atoms with Gasteiger partial charge in [0.25, 0.3) is 0 Å². The van der Waals surface area contributed by atoms with Crippen LogP contribution in [0.5, 0.6) is 0 Å². The maximum absolute atomic E-state index is 12.1. The minimum Gasteiger partial charge on any atom is -0.383 e. The lowest BCUT2D eigenvalue weighted by Crippen LogP contribution is -2.30. The fourth-order valence-electron chi connectivity index (χ4n) is 2.50. The van der Waals surface area contributed by atoms with Crippen molar-refractivity contribution in [1.82, 2.24) is 9.55 Å². The van der Waals surface area contributed by atoms with E-state index in [2.05, 4.69) is 18.1 Å². The summed E-state index contributed by atoms with van der Waals surface area (Å²) in [5, 5.41) is 0. The van der Waals surface area contributed by atoms with Gasteiger partial charge in [0.1, 0.15) is 18.1 Å². The van der Waals surface area contributed by atoms with Crippen LogP contribution < -0.4 is 11.4 Å². The second-order valence-corrected chi connectivity index (χ2v) is 13.7. The van der Waals surface area contributed by atoms with E-state index in [4.69, 9.17) is 36.2 Å². The Balaban J connectivity index is 2.11. The third kappa shape index (κ3) is 9.08. The van der Waals surface area contributed by atoms with Crippen LogP contribution in [-0.4, -0.2) is 60.1 Å². The second-order valence-electron chi connectivity index (χ2n) is 6.19. The van der Waals surface area contributed by atoms with E-state index in [1.54, 1.807) is 6.26 Å². The van der Waals surface area contributed by atoms with Gasteiger partial charge in [0, 0.05) is 12.6 Å². The fraction of sp³-hybridized carbons (Fsp3) is 0.636. The Hall–Kier alpha value is -0.420. The lowest BCUT2D eigenvalue weighted by molar-refractivity contribution is -0.0544. The van der Waals surface area contributed by atoms with Crippen molar-refractivity contribution in [2.75, 3.05) is 24.5 Å². The summed E-state index contributed by atoms with van der Waals surface area (Å²) in [7, 11) is -17.1. The van der Waals surface area contributed by atoms with E-state index in [0.29, 0.717) is 0 Å². The number of phosphoric acid groups is 3. The topological polar surface area (TPSA) is 239 Å². The second kappa shape index (κ2) is 10.9. The van der Waals surface area contributed by atoms with E-state index in [1.165, 1.54) is 12.3 Å². The van der Waals surface area contributed by atoms with E-state index < -0.39 is 63.7 Å². The molecule has 21 heteroatoms. The number of ether oxygens (including phenoxy) is 2. The molecule has 0 saturated carbocycles. The van der Waals surface area contributed by atoms with Gasteiger partial charge in [0.15, 0.2) is 0 Å². The Morgan fingerprint density at radius 3 is 2.50 bits per heavy atom. The molecule has 6 N–H and O–H groups in total. The number of phosphoric ester groups is 1. The van der Waals surface area contributed by atoms with Crippen LogP contribution in [0.4, 0.5) is 5.82 Å². The van der Waals surface area contributed by atoms with Crippen molar-refractivity contribution >= 4 is 49.9 Å². The van der Waals surface area contributed by atoms with Gasteiger partial charge in [-0.3, -0.25) is 9.09 Å². The number of hydrogen-bond donors (Lipinski definition) is 5. The van der Waals surface area contributed by atoms with E-state index in [9.17, 15) is 28.3 Å². The molecule has 6 atom stereocenters. The zero-order valence-electron chi connectivity index (χ0n) is 16.1. The number of nitrogens with two attached hydrogens (primary N) is 1. The van der Waals surface area contributed by atoms with E-state index in [1.807, 2.05) is 0 Å². The molecule has 1 fully saturated rings. The molecule has 1 saturated heterocycles. The number of aromatic nitrogens is 2. The molecule has 0 aromatic carbocycles. The highest BCUT2D eigenvalue weighted by Crippen LogP contribution is 2.66. The van der Waals surface area contributed by atoms with Gasteiger partial charge in [-0.25, -0.2) is 18.5 Å². The van der Waals surface area contributed by atoms with Crippen molar-refractivity contribution < 1.29 is 55.9 Å². The quantitative estimate of drug-likeness (QED) is 0.215. The highest BCUT2D eigenvalue weighted by molar-refractivity contribution is 8.28. The molecule has 4 unspecified atom stereocenters. The summed E-state index contributed by atoms with van der Waals surface area (Å²) in [4.78, 5) is 51.6. The maximum atomic E-state index is 12.1. The summed E-state index contributed by atoms with van der Waals surface area (Å²) in [5.74, 6) is 0.110. The summed E-state index contributed by atoms with van der Waals surface area (Å²) in [6.45, 7) is -0.739.